The second-order valence-electron chi connectivity index (χ2n) is 6.41. The lowest BCUT2D eigenvalue weighted by Gasteiger charge is -2.23. The van der Waals surface area contributed by atoms with Crippen LogP contribution in [0.4, 0.5) is 0 Å². The van der Waals surface area contributed by atoms with Crippen LogP contribution < -0.4 is 0 Å². The summed E-state index contributed by atoms with van der Waals surface area (Å²) in [6, 6.07) is 12.0. The molecule has 0 unspecified atom stereocenters. The molecule has 0 atom stereocenters. The van der Waals surface area contributed by atoms with Crippen molar-refractivity contribution < 1.29 is 14.0 Å². The van der Waals surface area contributed by atoms with Crippen molar-refractivity contribution in [3.05, 3.63) is 48.2 Å². The van der Waals surface area contributed by atoms with Gasteiger partial charge in [0.25, 0.3) is 0 Å². The molecule has 0 aliphatic rings. The van der Waals surface area contributed by atoms with Gasteiger partial charge in [-0.05, 0) is 30.7 Å². The number of amides is 2. The fourth-order valence-electron chi connectivity index (χ4n) is 3.27. The van der Waals surface area contributed by atoms with E-state index in [-0.39, 0.29) is 24.8 Å². The number of carbonyl (C=O) groups is 2. The Bertz CT molecular complexity index is 941. The van der Waals surface area contributed by atoms with E-state index < -0.39 is 0 Å². The molecule has 136 valence electrons. The first kappa shape index (κ1) is 18.0. The van der Waals surface area contributed by atoms with E-state index in [1.165, 1.54) is 4.90 Å². The van der Waals surface area contributed by atoms with E-state index in [0.717, 1.165) is 27.3 Å². The maximum Gasteiger partial charge on any atom is 0.242 e. The zero-order chi connectivity index (χ0) is 18.7. The molecule has 0 saturated carbocycles. The predicted molar refractivity (Wildman–Crippen MR) is 103 cm³/mol. The van der Waals surface area contributed by atoms with Crippen LogP contribution >= 0.6 is 0 Å². The number of fused-ring (bicyclic) bond motifs is 3. The summed E-state index contributed by atoms with van der Waals surface area (Å²) in [6.45, 7) is 5.26. The molecule has 1 heterocycles. The van der Waals surface area contributed by atoms with Crippen LogP contribution in [-0.2, 0) is 16.0 Å². The van der Waals surface area contributed by atoms with Gasteiger partial charge < -0.3 is 14.2 Å². The average Bonchev–Trinajstić information content (AvgIpc) is 3.06. The van der Waals surface area contributed by atoms with Gasteiger partial charge in [-0.15, -0.1) is 0 Å². The fourth-order valence-corrected chi connectivity index (χ4v) is 3.27. The van der Waals surface area contributed by atoms with Crippen molar-refractivity contribution in [2.45, 2.75) is 20.3 Å². The Morgan fingerprint density at radius 3 is 2.46 bits per heavy atom. The number of likely N-dealkylation sites (N-methyl/N-ethyl adjacent to an activating group) is 2. The minimum absolute atomic E-state index is 0.0339. The number of hydrogen-bond acceptors (Lipinski definition) is 3. The summed E-state index contributed by atoms with van der Waals surface area (Å²) in [5.74, 6) is -0.130. The zero-order valence-corrected chi connectivity index (χ0v) is 15.5. The average molecular weight is 352 g/mol. The Labute approximate surface area is 153 Å². The van der Waals surface area contributed by atoms with E-state index in [4.69, 9.17) is 4.42 Å². The molecule has 1 aromatic heterocycles. The Hall–Kier alpha value is -2.82. The van der Waals surface area contributed by atoms with Crippen LogP contribution in [0.25, 0.3) is 21.7 Å². The molecular weight excluding hydrogens is 328 g/mol. The van der Waals surface area contributed by atoms with Crippen LogP contribution in [0.2, 0.25) is 0 Å². The lowest BCUT2D eigenvalue weighted by Crippen LogP contribution is -2.41. The van der Waals surface area contributed by atoms with Gasteiger partial charge in [0, 0.05) is 31.1 Å². The van der Waals surface area contributed by atoms with E-state index in [9.17, 15) is 9.59 Å². The van der Waals surface area contributed by atoms with Crippen LogP contribution in [0.3, 0.4) is 0 Å². The standard InChI is InChI=1S/C21H24N2O3/c1-4-23(5-2)20(25)13-22(3)19(24)12-16-14-26-18-11-10-15-8-6-7-9-17(15)21(16)18/h6-11,14H,4-5,12-13H2,1-3H3. The third-order valence-electron chi connectivity index (χ3n) is 4.80. The second-order valence-corrected chi connectivity index (χ2v) is 6.41. The van der Waals surface area contributed by atoms with Crippen LogP contribution in [-0.4, -0.2) is 48.3 Å². The maximum absolute atomic E-state index is 12.6. The van der Waals surface area contributed by atoms with Crippen LogP contribution in [0.15, 0.2) is 47.1 Å². The van der Waals surface area contributed by atoms with Gasteiger partial charge in [-0.25, -0.2) is 0 Å². The van der Waals surface area contributed by atoms with Gasteiger partial charge in [0.05, 0.1) is 19.2 Å². The van der Waals surface area contributed by atoms with E-state index in [1.807, 2.05) is 50.2 Å². The van der Waals surface area contributed by atoms with Crippen LogP contribution in [0.1, 0.15) is 19.4 Å². The Morgan fingerprint density at radius 2 is 1.73 bits per heavy atom. The van der Waals surface area contributed by atoms with Gasteiger partial charge in [0.1, 0.15) is 5.58 Å². The number of rotatable bonds is 6. The van der Waals surface area contributed by atoms with Crippen molar-refractivity contribution in [3.8, 4) is 0 Å². The van der Waals surface area contributed by atoms with E-state index in [1.54, 1.807) is 18.2 Å². The highest BCUT2D eigenvalue weighted by atomic mass is 16.3. The number of benzene rings is 2. The summed E-state index contributed by atoms with van der Waals surface area (Å²) in [6.07, 6.45) is 1.86. The Kier molecular flexibility index (Phi) is 5.26. The highest BCUT2D eigenvalue weighted by molar-refractivity contribution is 6.08. The molecule has 0 N–H and O–H groups in total. The lowest BCUT2D eigenvalue weighted by atomic mass is 10.0. The smallest absolute Gasteiger partial charge is 0.242 e. The van der Waals surface area contributed by atoms with Gasteiger partial charge in [-0.2, -0.15) is 0 Å². The summed E-state index contributed by atoms with van der Waals surface area (Å²) in [4.78, 5) is 28.1. The SMILES string of the molecule is CCN(CC)C(=O)CN(C)C(=O)Cc1coc2ccc3ccccc3c12. The molecule has 2 amide bonds. The number of carbonyl (C=O) groups excluding carboxylic acids is 2. The van der Waals surface area contributed by atoms with Gasteiger partial charge in [0.2, 0.25) is 11.8 Å². The van der Waals surface area contributed by atoms with E-state index in [2.05, 4.69) is 0 Å². The molecular formula is C21H24N2O3. The Morgan fingerprint density at radius 1 is 1.00 bits per heavy atom. The largest absolute Gasteiger partial charge is 0.464 e. The number of furan rings is 1. The summed E-state index contributed by atoms with van der Waals surface area (Å²) < 4.78 is 5.65. The molecule has 0 bridgehead atoms. The van der Waals surface area contributed by atoms with Gasteiger partial charge in [0.15, 0.2) is 0 Å². The van der Waals surface area contributed by atoms with Crippen molar-refractivity contribution >= 4 is 33.6 Å². The molecule has 0 aliphatic carbocycles. The van der Waals surface area contributed by atoms with Crippen molar-refractivity contribution in [2.75, 3.05) is 26.7 Å². The molecule has 5 nitrogen and oxygen atoms in total. The van der Waals surface area contributed by atoms with Gasteiger partial charge >= 0.3 is 0 Å². The first-order valence-corrected chi connectivity index (χ1v) is 8.94. The van der Waals surface area contributed by atoms with Crippen molar-refractivity contribution in [2.24, 2.45) is 0 Å². The highest BCUT2D eigenvalue weighted by Crippen LogP contribution is 2.30. The zero-order valence-electron chi connectivity index (χ0n) is 15.5. The topological polar surface area (TPSA) is 53.8 Å². The van der Waals surface area contributed by atoms with E-state index in [0.29, 0.717) is 13.1 Å². The monoisotopic (exact) mass is 352 g/mol. The maximum atomic E-state index is 12.6. The minimum atomic E-state index is -0.0962. The van der Waals surface area contributed by atoms with E-state index >= 15 is 0 Å². The van der Waals surface area contributed by atoms with Crippen molar-refractivity contribution in [1.29, 1.82) is 0 Å². The molecule has 0 aliphatic heterocycles. The molecule has 0 spiro atoms. The van der Waals surface area contributed by atoms with Gasteiger partial charge in [-0.3, -0.25) is 9.59 Å². The lowest BCUT2D eigenvalue weighted by molar-refractivity contribution is -0.138. The molecule has 0 radical (unpaired) electrons. The fraction of sp³-hybridized carbons (Fsp3) is 0.333. The first-order chi connectivity index (χ1) is 12.5. The summed E-state index contributed by atoms with van der Waals surface area (Å²) >= 11 is 0. The van der Waals surface area contributed by atoms with Crippen molar-refractivity contribution in [1.82, 2.24) is 9.80 Å². The highest BCUT2D eigenvalue weighted by Gasteiger charge is 2.19. The van der Waals surface area contributed by atoms with Gasteiger partial charge in [-0.1, -0.05) is 30.3 Å². The predicted octanol–water partition coefficient (Wildman–Crippen LogP) is 3.46. The summed E-state index contributed by atoms with van der Waals surface area (Å²) in [7, 11) is 1.67. The normalized spacial score (nSPS) is 11.0. The molecule has 3 aromatic rings. The Balaban J connectivity index is 1.81. The molecule has 0 fully saturated rings. The molecule has 26 heavy (non-hydrogen) atoms. The minimum Gasteiger partial charge on any atom is -0.464 e. The van der Waals surface area contributed by atoms with Crippen LogP contribution in [0.5, 0.6) is 0 Å². The molecule has 3 rings (SSSR count). The second kappa shape index (κ2) is 7.60. The third-order valence-corrected chi connectivity index (χ3v) is 4.80. The molecule has 5 heteroatoms. The third kappa shape index (κ3) is 3.43. The molecule has 2 aromatic carbocycles. The first-order valence-electron chi connectivity index (χ1n) is 8.94. The molecule has 0 saturated heterocycles. The summed E-state index contributed by atoms with van der Waals surface area (Å²) in [5.41, 5.74) is 1.62. The van der Waals surface area contributed by atoms with Crippen molar-refractivity contribution in [3.63, 3.8) is 0 Å². The van der Waals surface area contributed by atoms with Crippen LogP contribution in [0, 0.1) is 0 Å². The number of nitrogens with zero attached hydrogens (tertiary/aromatic N) is 2. The summed E-state index contributed by atoms with van der Waals surface area (Å²) in [5, 5.41) is 3.16. The quantitative estimate of drug-likeness (QED) is 0.683. The number of hydrogen-bond donors (Lipinski definition) is 0.